The average Bonchev–Trinajstić information content (AvgIpc) is 2.55. The third-order valence-electron chi connectivity index (χ3n) is 4.54. The number of aryl methyl sites for hydroxylation is 1. The molecule has 0 aliphatic heterocycles. The summed E-state index contributed by atoms with van der Waals surface area (Å²) >= 11 is 0. The molecule has 3 rings (SSSR count). The number of hydrogen-bond donors (Lipinski definition) is 0. The summed E-state index contributed by atoms with van der Waals surface area (Å²) < 4.78 is 2.19. The number of fused-ring (bicyclic) bond motifs is 1. The molecule has 0 N–H and O–H groups in total. The zero-order valence-electron chi connectivity index (χ0n) is 13.6. The molecule has 0 aromatic heterocycles. The number of carbonyl (C=O) groups is 1. The molecule has 0 amide bonds. The highest BCUT2D eigenvalue weighted by Crippen LogP contribution is 2.33. The van der Waals surface area contributed by atoms with Crippen molar-refractivity contribution >= 4 is 11.5 Å². The van der Waals surface area contributed by atoms with E-state index in [4.69, 9.17) is 0 Å². The molecule has 1 aliphatic rings. The monoisotopic (exact) mass is 371 g/mol. The van der Waals surface area contributed by atoms with E-state index in [1.54, 1.807) is 0 Å². The minimum Gasteiger partial charge on any atom is -1.00 e. The highest BCUT2D eigenvalue weighted by atomic mass is 79.9. The highest BCUT2D eigenvalue weighted by molar-refractivity contribution is 6.01. The van der Waals surface area contributed by atoms with Gasteiger partial charge in [0.25, 0.3) is 0 Å². The number of hydrogen-bond acceptors (Lipinski definition) is 1. The molecule has 23 heavy (non-hydrogen) atoms. The molecule has 0 heterocycles. The molecule has 2 nitrogen and oxygen atoms in total. The van der Waals surface area contributed by atoms with Gasteiger partial charge in [0.1, 0.15) is 14.1 Å². The molecule has 1 aliphatic carbocycles. The molecule has 3 heteroatoms. The normalized spacial score (nSPS) is 16.3. The zero-order valence-corrected chi connectivity index (χ0v) is 15.2. The largest absolute Gasteiger partial charge is 1.00 e. The van der Waals surface area contributed by atoms with E-state index in [-0.39, 0.29) is 28.7 Å². The maximum absolute atomic E-state index is 12.7. The third-order valence-corrected chi connectivity index (χ3v) is 4.54. The Balaban J connectivity index is 0.00000192. The van der Waals surface area contributed by atoms with Crippen molar-refractivity contribution in [2.75, 3.05) is 14.1 Å². The van der Waals surface area contributed by atoms with Gasteiger partial charge in [-0.2, -0.15) is 0 Å². The fourth-order valence-corrected chi connectivity index (χ4v) is 3.41. The first-order valence-corrected chi connectivity index (χ1v) is 7.86. The molecular formula is C20H22BrNO. The maximum atomic E-state index is 12.7. The fourth-order valence-electron chi connectivity index (χ4n) is 3.41. The molecule has 1 atom stereocenters. The van der Waals surface area contributed by atoms with Gasteiger partial charge in [-0.05, 0) is 17.5 Å². The Morgan fingerprint density at radius 2 is 1.65 bits per heavy atom. The van der Waals surface area contributed by atoms with Gasteiger partial charge in [0, 0.05) is 18.4 Å². The van der Waals surface area contributed by atoms with Crippen LogP contribution in [0.25, 0.3) is 0 Å². The van der Waals surface area contributed by atoms with Crippen LogP contribution in [0.3, 0.4) is 0 Å². The standard InChI is InChI=1S/C20H22NO.BrH/c1-21(2)19-13-12-15-8-6-7-11-17(15)18(19)14-20(22)16-9-4-3-5-10-16;/h3-11,18H,12-14H2,1-2H3;1H/q+1;/p-1. The van der Waals surface area contributed by atoms with E-state index in [2.05, 4.69) is 42.9 Å². The van der Waals surface area contributed by atoms with E-state index in [1.807, 2.05) is 30.3 Å². The molecule has 0 bridgehead atoms. The van der Waals surface area contributed by atoms with E-state index in [0.29, 0.717) is 6.42 Å². The lowest BCUT2D eigenvalue weighted by atomic mass is 9.78. The number of Topliss-reactive ketones (excluding diaryl/α,β-unsaturated/α-hetero) is 1. The Morgan fingerprint density at radius 3 is 2.35 bits per heavy atom. The minimum atomic E-state index is 0. The average molecular weight is 372 g/mol. The van der Waals surface area contributed by atoms with Gasteiger partial charge in [-0.25, -0.2) is 4.58 Å². The van der Waals surface area contributed by atoms with E-state index in [1.165, 1.54) is 16.8 Å². The van der Waals surface area contributed by atoms with Crippen LogP contribution in [0, 0.1) is 0 Å². The first-order chi connectivity index (χ1) is 10.7. The summed E-state index contributed by atoms with van der Waals surface area (Å²) in [5.74, 6) is 0.425. The van der Waals surface area contributed by atoms with Crippen LogP contribution in [0.2, 0.25) is 0 Å². The molecular weight excluding hydrogens is 350 g/mol. The van der Waals surface area contributed by atoms with E-state index in [9.17, 15) is 4.79 Å². The molecule has 0 saturated carbocycles. The van der Waals surface area contributed by atoms with Crippen molar-refractivity contribution in [1.82, 2.24) is 0 Å². The summed E-state index contributed by atoms with van der Waals surface area (Å²) in [6.07, 6.45) is 2.66. The Kier molecular flexibility index (Phi) is 5.89. The molecule has 120 valence electrons. The Morgan fingerprint density at radius 1 is 1.00 bits per heavy atom. The van der Waals surface area contributed by atoms with Crippen molar-refractivity contribution in [1.29, 1.82) is 0 Å². The molecule has 0 fully saturated rings. The van der Waals surface area contributed by atoms with Crippen LogP contribution in [0.5, 0.6) is 0 Å². The van der Waals surface area contributed by atoms with Crippen molar-refractivity contribution in [3.63, 3.8) is 0 Å². The Hall–Kier alpha value is -1.74. The summed E-state index contributed by atoms with van der Waals surface area (Å²) in [5, 5.41) is 0. The lowest BCUT2D eigenvalue weighted by Gasteiger charge is -2.25. The quantitative estimate of drug-likeness (QED) is 0.574. The number of halogens is 1. The van der Waals surface area contributed by atoms with Crippen molar-refractivity contribution in [3.05, 3.63) is 71.3 Å². The van der Waals surface area contributed by atoms with Crippen molar-refractivity contribution in [3.8, 4) is 0 Å². The van der Waals surface area contributed by atoms with Gasteiger partial charge in [0.15, 0.2) is 11.5 Å². The van der Waals surface area contributed by atoms with E-state index in [0.717, 1.165) is 18.4 Å². The van der Waals surface area contributed by atoms with Crippen LogP contribution in [-0.2, 0) is 6.42 Å². The minimum absolute atomic E-state index is 0. The fraction of sp³-hybridized carbons (Fsp3) is 0.300. The summed E-state index contributed by atoms with van der Waals surface area (Å²) in [6.45, 7) is 0. The number of rotatable bonds is 3. The maximum Gasteiger partial charge on any atom is 0.164 e. The summed E-state index contributed by atoms with van der Waals surface area (Å²) in [7, 11) is 4.17. The Labute approximate surface area is 148 Å². The lowest BCUT2D eigenvalue weighted by Crippen LogP contribution is -3.00. The van der Waals surface area contributed by atoms with Crippen molar-refractivity contribution < 1.29 is 26.4 Å². The van der Waals surface area contributed by atoms with Crippen LogP contribution in [0.1, 0.15) is 40.2 Å². The van der Waals surface area contributed by atoms with Gasteiger partial charge in [0.2, 0.25) is 0 Å². The number of nitrogens with zero attached hydrogens (tertiary/aromatic N) is 1. The first kappa shape index (κ1) is 17.6. The summed E-state index contributed by atoms with van der Waals surface area (Å²) in [5.41, 5.74) is 4.88. The van der Waals surface area contributed by atoms with Gasteiger partial charge in [-0.15, -0.1) is 0 Å². The molecule has 2 aromatic carbocycles. The molecule has 2 aromatic rings. The van der Waals surface area contributed by atoms with E-state index >= 15 is 0 Å². The second-order valence-electron chi connectivity index (χ2n) is 6.13. The van der Waals surface area contributed by atoms with E-state index < -0.39 is 0 Å². The smallest absolute Gasteiger partial charge is 0.164 e. The van der Waals surface area contributed by atoms with Gasteiger partial charge in [-0.1, -0.05) is 54.6 Å². The third kappa shape index (κ3) is 3.78. The van der Waals surface area contributed by atoms with Crippen molar-refractivity contribution in [2.24, 2.45) is 0 Å². The second kappa shape index (κ2) is 7.69. The summed E-state index contributed by atoms with van der Waals surface area (Å²) in [4.78, 5) is 12.7. The Bertz CT molecular complexity index is 717. The van der Waals surface area contributed by atoms with Gasteiger partial charge >= 0.3 is 0 Å². The van der Waals surface area contributed by atoms with Crippen LogP contribution in [-0.4, -0.2) is 30.2 Å². The number of carbonyl (C=O) groups excluding carboxylic acids is 1. The van der Waals surface area contributed by atoms with Gasteiger partial charge < -0.3 is 17.0 Å². The lowest BCUT2D eigenvalue weighted by molar-refractivity contribution is -0.467. The highest BCUT2D eigenvalue weighted by Gasteiger charge is 2.32. The summed E-state index contributed by atoms with van der Waals surface area (Å²) in [6, 6.07) is 18.2. The predicted molar refractivity (Wildman–Crippen MR) is 90.0 cm³/mol. The SMILES string of the molecule is C[N+](C)=C1CCc2ccccc2C1CC(=O)c1ccccc1.[Br-]. The van der Waals surface area contributed by atoms with Crippen LogP contribution in [0.4, 0.5) is 0 Å². The van der Waals surface area contributed by atoms with Crippen molar-refractivity contribution in [2.45, 2.75) is 25.2 Å². The van der Waals surface area contributed by atoms with Crippen LogP contribution in [0.15, 0.2) is 54.6 Å². The van der Waals surface area contributed by atoms with Crippen LogP contribution >= 0.6 is 0 Å². The predicted octanol–water partition coefficient (Wildman–Crippen LogP) is 0.707. The van der Waals surface area contributed by atoms with Gasteiger partial charge in [-0.3, -0.25) is 4.79 Å². The second-order valence-corrected chi connectivity index (χ2v) is 6.13. The molecule has 0 saturated heterocycles. The first-order valence-electron chi connectivity index (χ1n) is 7.86. The van der Waals surface area contributed by atoms with Gasteiger partial charge in [0.05, 0.1) is 5.92 Å². The molecule has 1 unspecified atom stereocenters. The van der Waals surface area contributed by atoms with Crippen LogP contribution < -0.4 is 17.0 Å². The number of benzene rings is 2. The number of ketones is 1. The molecule has 0 spiro atoms. The zero-order chi connectivity index (χ0) is 15.5. The molecule has 0 radical (unpaired) electrons. The topological polar surface area (TPSA) is 20.1 Å².